The molecule has 0 saturated heterocycles. The molecule has 1 aliphatic rings. The van der Waals surface area contributed by atoms with Gasteiger partial charge in [0.15, 0.2) is 0 Å². The van der Waals surface area contributed by atoms with E-state index in [4.69, 9.17) is 9.47 Å². The molecule has 126 valence electrons. The lowest BCUT2D eigenvalue weighted by molar-refractivity contribution is -0.182. The number of rotatable bonds is 5. The number of esters is 1. The summed E-state index contributed by atoms with van der Waals surface area (Å²) >= 11 is 0. The third-order valence-electron chi connectivity index (χ3n) is 3.89. The molecule has 0 aromatic heterocycles. The molecular weight excluding hydrogens is 308 g/mol. The molecule has 0 amide bonds. The number of benzene rings is 1. The smallest absolute Gasteiger partial charge is 0.355 e. The van der Waals surface area contributed by atoms with Gasteiger partial charge in [0.05, 0.1) is 0 Å². The summed E-state index contributed by atoms with van der Waals surface area (Å²) < 4.78 is 10.5. The van der Waals surface area contributed by atoms with Crippen LogP contribution in [0.4, 0.5) is 0 Å². The Kier molecular flexibility index (Phi) is 5.36. The molecule has 2 atom stereocenters. The Hall–Kier alpha value is -2.66. The van der Waals surface area contributed by atoms with Crippen LogP contribution in [0.15, 0.2) is 59.7 Å². The summed E-state index contributed by atoms with van der Waals surface area (Å²) in [5.41, 5.74) is 0.662. The van der Waals surface area contributed by atoms with Gasteiger partial charge < -0.3 is 14.6 Å². The minimum absolute atomic E-state index is 0.677. The van der Waals surface area contributed by atoms with Crippen LogP contribution in [-0.4, -0.2) is 35.9 Å². The number of carboxylic acids is 1. The van der Waals surface area contributed by atoms with Crippen LogP contribution in [0.5, 0.6) is 0 Å². The van der Waals surface area contributed by atoms with Crippen LogP contribution in [0.1, 0.15) is 19.4 Å². The van der Waals surface area contributed by atoms with Gasteiger partial charge in [-0.15, -0.1) is 0 Å². The Morgan fingerprint density at radius 3 is 2.42 bits per heavy atom. The fraction of sp³-hybridized carbons (Fsp3) is 0.263. The van der Waals surface area contributed by atoms with E-state index in [0.717, 1.165) is 11.1 Å². The molecule has 0 saturated carbocycles. The minimum Gasteiger partial charge on any atom is -0.478 e. The van der Waals surface area contributed by atoms with E-state index in [-0.39, 0.29) is 0 Å². The number of carbonyl (C=O) groups excluding carboxylic acids is 1. The Labute approximate surface area is 140 Å². The Balaban J connectivity index is 2.39. The topological polar surface area (TPSA) is 72.8 Å². The normalized spacial score (nSPS) is 23.5. The largest absolute Gasteiger partial charge is 0.478 e. The summed E-state index contributed by atoms with van der Waals surface area (Å²) in [7, 11) is 1.40. The Morgan fingerprint density at radius 1 is 1.21 bits per heavy atom. The first-order chi connectivity index (χ1) is 11.4. The van der Waals surface area contributed by atoms with Crippen LogP contribution in [0.2, 0.25) is 0 Å². The second kappa shape index (κ2) is 7.27. The molecule has 0 bridgehead atoms. The second-order valence-corrected chi connectivity index (χ2v) is 5.52. The Morgan fingerprint density at radius 2 is 1.88 bits per heavy atom. The number of carboxylic acid groups (broad SMARTS) is 1. The number of hydrogen-bond donors (Lipinski definition) is 1. The highest BCUT2D eigenvalue weighted by Crippen LogP contribution is 2.34. The van der Waals surface area contributed by atoms with Crippen LogP contribution in [0, 0.1) is 0 Å². The van der Waals surface area contributed by atoms with Gasteiger partial charge in [0.2, 0.25) is 0 Å². The number of ether oxygens (including phenoxy) is 2. The summed E-state index contributed by atoms with van der Waals surface area (Å²) in [5.74, 6) is -1.95. The van der Waals surface area contributed by atoms with Crippen molar-refractivity contribution < 1.29 is 24.2 Å². The van der Waals surface area contributed by atoms with Gasteiger partial charge in [-0.2, -0.15) is 0 Å². The highest BCUT2D eigenvalue weighted by Gasteiger charge is 2.50. The predicted molar refractivity (Wildman–Crippen MR) is 90.2 cm³/mol. The maximum absolute atomic E-state index is 11.8. The van der Waals surface area contributed by atoms with Crippen molar-refractivity contribution >= 4 is 18.0 Å². The van der Waals surface area contributed by atoms with Crippen LogP contribution in [0.3, 0.4) is 0 Å². The number of methoxy groups -OCH3 is 1. The van der Waals surface area contributed by atoms with E-state index in [1.54, 1.807) is 13.0 Å². The van der Waals surface area contributed by atoms with E-state index in [2.05, 4.69) is 0 Å². The molecule has 0 fully saturated rings. The fourth-order valence-electron chi connectivity index (χ4n) is 2.75. The molecule has 2 rings (SSSR count). The molecule has 1 N–H and O–H groups in total. The van der Waals surface area contributed by atoms with Crippen molar-refractivity contribution in [3.8, 4) is 0 Å². The average molecular weight is 328 g/mol. The molecular formula is C19H20O5. The van der Waals surface area contributed by atoms with Gasteiger partial charge in [-0.1, -0.05) is 48.6 Å². The summed E-state index contributed by atoms with van der Waals surface area (Å²) in [6.07, 6.45) is 5.91. The zero-order chi connectivity index (χ0) is 17.7. The van der Waals surface area contributed by atoms with Crippen LogP contribution in [-0.2, 0) is 19.1 Å². The molecule has 0 spiro atoms. The highest BCUT2D eigenvalue weighted by molar-refractivity contribution is 5.86. The average Bonchev–Trinajstić information content (AvgIpc) is 2.54. The standard InChI is InChI=1S/C19H20O5/c1-13-16(10-9-15-7-5-4-6-8-15)11-12-19(18(21)22,17(13)23-3)24-14(2)20/h4-12,17H,1-3H3,(H,21,22). The minimum atomic E-state index is -1.85. The summed E-state index contributed by atoms with van der Waals surface area (Å²) in [6, 6.07) is 9.74. The fourth-order valence-corrected chi connectivity index (χ4v) is 2.75. The van der Waals surface area contributed by atoms with Crippen molar-refractivity contribution in [1.82, 2.24) is 0 Å². The zero-order valence-electron chi connectivity index (χ0n) is 13.9. The van der Waals surface area contributed by atoms with E-state index < -0.39 is 23.6 Å². The van der Waals surface area contributed by atoms with Gasteiger partial charge in [-0.05, 0) is 29.7 Å². The first-order valence-electron chi connectivity index (χ1n) is 7.49. The molecule has 1 aromatic rings. The van der Waals surface area contributed by atoms with Gasteiger partial charge in [0.1, 0.15) is 6.10 Å². The van der Waals surface area contributed by atoms with Gasteiger partial charge in [0, 0.05) is 14.0 Å². The van der Waals surface area contributed by atoms with E-state index >= 15 is 0 Å². The predicted octanol–water partition coefficient (Wildman–Crippen LogP) is 2.99. The number of carbonyl (C=O) groups is 2. The number of aliphatic carboxylic acids is 1. The lowest BCUT2D eigenvalue weighted by Crippen LogP contribution is -2.53. The van der Waals surface area contributed by atoms with Crippen molar-refractivity contribution in [2.75, 3.05) is 7.11 Å². The van der Waals surface area contributed by atoms with E-state index in [9.17, 15) is 14.7 Å². The third-order valence-corrected chi connectivity index (χ3v) is 3.89. The van der Waals surface area contributed by atoms with Crippen molar-refractivity contribution in [1.29, 1.82) is 0 Å². The summed E-state index contributed by atoms with van der Waals surface area (Å²) in [6.45, 7) is 2.94. The van der Waals surface area contributed by atoms with Gasteiger partial charge in [-0.25, -0.2) is 4.79 Å². The van der Waals surface area contributed by atoms with Crippen molar-refractivity contribution in [2.24, 2.45) is 0 Å². The molecule has 1 aliphatic carbocycles. The van der Waals surface area contributed by atoms with Crippen LogP contribution in [0.25, 0.3) is 6.08 Å². The van der Waals surface area contributed by atoms with E-state index in [0.29, 0.717) is 5.57 Å². The lowest BCUT2D eigenvalue weighted by Gasteiger charge is -2.36. The maximum atomic E-state index is 11.8. The van der Waals surface area contributed by atoms with Crippen molar-refractivity contribution in [3.63, 3.8) is 0 Å². The van der Waals surface area contributed by atoms with Crippen LogP contribution < -0.4 is 0 Å². The van der Waals surface area contributed by atoms with Gasteiger partial charge >= 0.3 is 11.9 Å². The molecule has 0 heterocycles. The van der Waals surface area contributed by atoms with Crippen molar-refractivity contribution in [2.45, 2.75) is 25.6 Å². The first kappa shape index (κ1) is 17.7. The second-order valence-electron chi connectivity index (χ2n) is 5.52. The molecule has 0 aliphatic heterocycles. The maximum Gasteiger partial charge on any atom is 0.355 e. The van der Waals surface area contributed by atoms with Crippen LogP contribution >= 0.6 is 0 Å². The summed E-state index contributed by atoms with van der Waals surface area (Å²) in [4.78, 5) is 23.1. The van der Waals surface area contributed by atoms with Gasteiger partial charge in [-0.3, -0.25) is 4.79 Å². The zero-order valence-corrected chi connectivity index (χ0v) is 13.9. The van der Waals surface area contributed by atoms with Crippen molar-refractivity contribution in [3.05, 3.63) is 65.3 Å². The Bertz CT molecular complexity index is 715. The van der Waals surface area contributed by atoms with E-state index in [1.807, 2.05) is 42.5 Å². The number of allylic oxidation sites excluding steroid dienone is 3. The SMILES string of the molecule is COC1C(C)=C(C=Cc2ccccc2)C=CC1(OC(C)=O)C(=O)O. The highest BCUT2D eigenvalue weighted by atomic mass is 16.6. The molecule has 1 aromatic carbocycles. The molecule has 2 unspecified atom stereocenters. The molecule has 5 heteroatoms. The molecule has 0 radical (unpaired) electrons. The number of hydrogen-bond acceptors (Lipinski definition) is 4. The summed E-state index contributed by atoms with van der Waals surface area (Å²) in [5, 5.41) is 9.60. The lowest BCUT2D eigenvalue weighted by atomic mass is 9.83. The third kappa shape index (κ3) is 3.46. The van der Waals surface area contributed by atoms with E-state index in [1.165, 1.54) is 20.1 Å². The quantitative estimate of drug-likeness (QED) is 0.841. The molecule has 5 nitrogen and oxygen atoms in total. The molecule has 24 heavy (non-hydrogen) atoms. The van der Waals surface area contributed by atoms with Gasteiger partial charge in [0.25, 0.3) is 5.60 Å². The monoisotopic (exact) mass is 328 g/mol. The first-order valence-corrected chi connectivity index (χ1v) is 7.49.